The molecule has 2 N–H and O–H groups in total. The van der Waals surface area contributed by atoms with Gasteiger partial charge in [0.05, 0.1) is 11.7 Å². The Morgan fingerprint density at radius 2 is 2.10 bits per heavy atom. The van der Waals surface area contributed by atoms with E-state index in [2.05, 4.69) is 27.4 Å². The molecular formula is C21H29N5O2S. The summed E-state index contributed by atoms with van der Waals surface area (Å²) in [7, 11) is -3.13. The third-order valence-corrected chi connectivity index (χ3v) is 7.24. The average Bonchev–Trinajstić information content (AvgIpc) is 2.75. The number of fused-ring (bicyclic) bond motifs is 1. The summed E-state index contributed by atoms with van der Waals surface area (Å²) in [5.41, 5.74) is 1.98. The van der Waals surface area contributed by atoms with Gasteiger partial charge in [0.2, 0.25) is 10.0 Å². The molecule has 0 aliphatic carbocycles. The van der Waals surface area contributed by atoms with Crippen LogP contribution in [0.2, 0.25) is 0 Å². The first-order valence-corrected chi connectivity index (χ1v) is 11.7. The molecule has 2 aromatic rings. The van der Waals surface area contributed by atoms with Crippen molar-refractivity contribution in [3.8, 4) is 0 Å². The molecule has 0 saturated carbocycles. The van der Waals surface area contributed by atoms with Crippen LogP contribution in [0.25, 0.3) is 10.8 Å². The van der Waals surface area contributed by atoms with Gasteiger partial charge in [0, 0.05) is 61.6 Å². The van der Waals surface area contributed by atoms with Crippen molar-refractivity contribution in [3.05, 3.63) is 36.2 Å². The zero-order valence-corrected chi connectivity index (χ0v) is 17.8. The molecule has 0 radical (unpaired) electrons. The minimum atomic E-state index is -3.13. The molecule has 2 heterocycles. The summed E-state index contributed by atoms with van der Waals surface area (Å²) in [5, 5.41) is 13.5. The quantitative estimate of drug-likeness (QED) is 0.646. The predicted octanol–water partition coefficient (Wildman–Crippen LogP) is 3.28. The molecule has 1 aromatic heterocycles. The predicted molar refractivity (Wildman–Crippen MR) is 120 cm³/mol. The normalized spacial score (nSPS) is 17.6. The van der Waals surface area contributed by atoms with E-state index in [1.54, 1.807) is 17.4 Å². The van der Waals surface area contributed by atoms with E-state index in [9.17, 15) is 8.42 Å². The van der Waals surface area contributed by atoms with E-state index in [0.717, 1.165) is 34.9 Å². The van der Waals surface area contributed by atoms with Crippen LogP contribution in [0.5, 0.6) is 0 Å². The fourth-order valence-electron chi connectivity index (χ4n) is 3.66. The zero-order valence-electron chi connectivity index (χ0n) is 17.0. The van der Waals surface area contributed by atoms with Crippen molar-refractivity contribution in [2.75, 3.05) is 30.7 Å². The van der Waals surface area contributed by atoms with Crippen LogP contribution < -0.4 is 5.32 Å². The molecule has 1 fully saturated rings. The molecular weight excluding hydrogens is 386 g/mol. The summed E-state index contributed by atoms with van der Waals surface area (Å²) in [5.74, 6) is -0.0297. The van der Waals surface area contributed by atoms with Crippen molar-refractivity contribution >= 4 is 38.9 Å². The maximum atomic E-state index is 12.1. The first kappa shape index (κ1) is 21.4. The van der Waals surface area contributed by atoms with Crippen LogP contribution in [-0.4, -0.2) is 61.6 Å². The highest BCUT2D eigenvalue weighted by Crippen LogP contribution is 2.30. The molecule has 0 amide bonds. The molecule has 7 nitrogen and oxygen atoms in total. The van der Waals surface area contributed by atoms with Gasteiger partial charge in [0.25, 0.3) is 0 Å². The van der Waals surface area contributed by atoms with Gasteiger partial charge in [-0.05, 0) is 55.8 Å². The van der Waals surface area contributed by atoms with Gasteiger partial charge in [-0.1, -0.05) is 0 Å². The van der Waals surface area contributed by atoms with Gasteiger partial charge in [0.1, 0.15) is 0 Å². The molecule has 1 unspecified atom stereocenters. The highest BCUT2D eigenvalue weighted by atomic mass is 32.2. The van der Waals surface area contributed by atoms with Crippen LogP contribution >= 0.6 is 0 Å². The number of nitrogens with one attached hydrogen (secondary N) is 2. The Balaban J connectivity index is 1.85. The van der Waals surface area contributed by atoms with Gasteiger partial charge >= 0.3 is 0 Å². The van der Waals surface area contributed by atoms with Crippen molar-refractivity contribution in [1.29, 1.82) is 5.41 Å². The van der Waals surface area contributed by atoms with E-state index in [0.29, 0.717) is 19.6 Å². The molecule has 0 bridgehead atoms. The lowest BCUT2D eigenvalue weighted by atomic mass is 9.96. The Kier molecular flexibility index (Phi) is 6.97. The Morgan fingerprint density at radius 1 is 1.34 bits per heavy atom. The fourth-order valence-corrected chi connectivity index (χ4v) is 4.79. The maximum absolute atomic E-state index is 12.1. The summed E-state index contributed by atoms with van der Waals surface area (Å²) in [6.07, 6.45) is 8.35. The van der Waals surface area contributed by atoms with E-state index in [-0.39, 0.29) is 17.7 Å². The average molecular weight is 416 g/mol. The van der Waals surface area contributed by atoms with E-state index in [1.165, 1.54) is 6.21 Å². The molecule has 8 heteroatoms. The van der Waals surface area contributed by atoms with Crippen molar-refractivity contribution < 1.29 is 8.42 Å². The lowest BCUT2D eigenvalue weighted by molar-refractivity contribution is 0.330. The van der Waals surface area contributed by atoms with Gasteiger partial charge in [0.15, 0.2) is 0 Å². The van der Waals surface area contributed by atoms with Crippen LogP contribution in [0, 0.1) is 5.41 Å². The number of benzene rings is 1. The molecule has 156 valence electrons. The fraction of sp³-hybridized carbons (Fsp3) is 0.476. The van der Waals surface area contributed by atoms with Crippen LogP contribution in [0.4, 0.5) is 5.69 Å². The van der Waals surface area contributed by atoms with E-state index >= 15 is 0 Å². The van der Waals surface area contributed by atoms with Crippen LogP contribution in [-0.2, 0) is 10.0 Å². The minimum Gasteiger partial charge on any atom is -0.382 e. The van der Waals surface area contributed by atoms with Gasteiger partial charge in [-0.25, -0.2) is 12.7 Å². The Hall–Kier alpha value is -2.32. The smallest absolute Gasteiger partial charge is 0.213 e. The third-order valence-electron chi connectivity index (χ3n) is 5.36. The van der Waals surface area contributed by atoms with Gasteiger partial charge in [-0.15, -0.1) is 0 Å². The van der Waals surface area contributed by atoms with Crippen molar-refractivity contribution in [3.63, 3.8) is 0 Å². The number of nitrogens with zero attached hydrogens (tertiary/aromatic N) is 3. The second kappa shape index (κ2) is 9.45. The number of sulfonamides is 1. The molecule has 29 heavy (non-hydrogen) atoms. The van der Waals surface area contributed by atoms with Crippen LogP contribution in [0.3, 0.4) is 0 Å². The Morgan fingerprint density at radius 3 is 2.76 bits per heavy atom. The number of aromatic nitrogens is 1. The first-order valence-electron chi connectivity index (χ1n) is 10.1. The SMILES string of the molecule is CCN=CC(C=N)c1cc(NC2CCN(S(=O)(=O)CC)CC2)c2cnccc2c1. The summed E-state index contributed by atoms with van der Waals surface area (Å²) in [6.45, 7) is 5.42. The number of piperidine rings is 1. The third kappa shape index (κ3) is 5.00. The molecule has 3 rings (SSSR count). The van der Waals surface area contributed by atoms with Gasteiger partial charge in [-0.2, -0.15) is 0 Å². The number of hydrogen-bond donors (Lipinski definition) is 2. The summed E-state index contributed by atoms with van der Waals surface area (Å²) < 4.78 is 25.8. The standard InChI is InChI=1S/C21H29N5O2S/c1-3-23-14-18(13-22)17-11-16-5-8-24-15-20(16)21(12-17)25-19-6-9-26(10-7-19)29(27,28)4-2/h5,8,11-15,18-19,22,25H,3-4,6-7,9-10H2,1-2H3. The Labute approximate surface area is 172 Å². The molecule has 1 atom stereocenters. The maximum Gasteiger partial charge on any atom is 0.213 e. The minimum absolute atomic E-state index is 0.147. The van der Waals surface area contributed by atoms with E-state index in [4.69, 9.17) is 5.41 Å². The van der Waals surface area contributed by atoms with E-state index < -0.39 is 10.0 Å². The molecule has 1 aliphatic rings. The number of hydrogen-bond acceptors (Lipinski definition) is 6. The molecule has 0 spiro atoms. The number of aliphatic imine (C=N–C) groups is 1. The number of rotatable bonds is 8. The summed E-state index contributed by atoms with van der Waals surface area (Å²) in [6, 6.07) is 6.31. The van der Waals surface area contributed by atoms with E-state index in [1.807, 2.05) is 25.4 Å². The monoisotopic (exact) mass is 415 g/mol. The highest BCUT2D eigenvalue weighted by Gasteiger charge is 2.27. The topological polar surface area (TPSA) is 98.5 Å². The number of anilines is 1. The zero-order chi connectivity index (χ0) is 20.9. The Bertz CT molecular complexity index is 982. The lowest BCUT2D eigenvalue weighted by Gasteiger charge is -2.32. The largest absolute Gasteiger partial charge is 0.382 e. The number of pyridine rings is 1. The summed E-state index contributed by atoms with van der Waals surface area (Å²) >= 11 is 0. The van der Waals surface area contributed by atoms with Gasteiger partial charge in [-0.3, -0.25) is 9.98 Å². The van der Waals surface area contributed by atoms with Crippen molar-refractivity contribution in [2.45, 2.75) is 38.6 Å². The van der Waals surface area contributed by atoms with Crippen molar-refractivity contribution in [1.82, 2.24) is 9.29 Å². The van der Waals surface area contributed by atoms with Crippen LogP contribution in [0.1, 0.15) is 38.2 Å². The molecule has 1 aromatic carbocycles. The second-order valence-corrected chi connectivity index (χ2v) is 9.48. The summed E-state index contributed by atoms with van der Waals surface area (Å²) in [4.78, 5) is 8.58. The molecule has 1 saturated heterocycles. The van der Waals surface area contributed by atoms with Crippen molar-refractivity contribution in [2.24, 2.45) is 4.99 Å². The molecule has 1 aliphatic heterocycles. The highest BCUT2D eigenvalue weighted by molar-refractivity contribution is 7.89. The lowest BCUT2D eigenvalue weighted by Crippen LogP contribution is -2.42. The van der Waals surface area contributed by atoms with Crippen LogP contribution in [0.15, 0.2) is 35.6 Å². The second-order valence-electron chi connectivity index (χ2n) is 7.22. The first-order chi connectivity index (χ1) is 14.0. The van der Waals surface area contributed by atoms with Gasteiger partial charge < -0.3 is 10.7 Å².